The Morgan fingerprint density at radius 1 is 1.40 bits per heavy atom. The number of aliphatic hydroxyl groups excluding tert-OH is 1. The quantitative estimate of drug-likeness (QED) is 0.814. The van der Waals surface area contributed by atoms with Gasteiger partial charge in [0.2, 0.25) is 0 Å². The third-order valence-electron chi connectivity index (χ3n) is 3.75. The summed E-state index contributed by atoms with van der Waals surface area (Å²) in [5.41, 5.74) is -0.183. The molecule has 1 aliphatic carbocycles. The van der Waals surface area contributed by atoms with E-state index in [1.54, 1.807) is 0 Å². The lowest BCUT2D eigenvalue weighted by molar-refractivity contribution is 0.0281. The van der Waals surface area contributed by atoms with Crippen LogP contribution in [0.15, 0.2) is 18.2 Å². The summed E-state index contributed by atoms with van der Waals surface area (Å²) in [6.07, 6.45) is 1.58. The first-order valence-electron chi connectivity index (χ1n) is 6.81. The Morgan fingerprint density at radius 3 is 2.75 bits per heavy atom. The second kappa shape index (κ2) is 6.41. The molecule has 0 saturated heterocycles. The molecular formula is C15H19F2NO2. The molecule has 1 saturated carbocycles. The van der Waals surface area contributed by atoms with E-state index in [0.717, 1.165) is 25.5 Å². The molecule has 0 radical (unpaired) electrons. The lowest BCUT2D eigenvalue weighted by atomic mass is 9.82. The lowest BCUT2D eigenvalue weighted by Crippen LogP contribution is -2.37. The van der Waals surface area contributed by atoms with Crippen molar-refractivity contribution in [1.29, 1.82) is 0 Å². The predicted octanol–water partition coefficient (Wildman–Crippen LogP) is 2.24. The normalized spacial score (nSPS) is 21.9. The molecule has 3 nitrogen and oxygen atoms in total. The van der Waals surface area contributed by atoms with Crippen molar-refractivity contribution in [2.24, 2.45) is 5.92 Å². The van der Waals surface area contributed by atoms with Crippen LogP contribution in [0, 0.1) is 17.6 Å². The number of benzene rings is 1. The Bertz CT molecular complexity index is 487. The molecule has 20 heavy (non-hydrogen) atoms. The molecule has 1 aliphatic rings. The van der Waals surface area contributed by atoms with Gasteiger partial charge in [0.15, 0.2) is 17.4 Å². The molecule has 0 bridgehead atoms. The van der Waals surface area contributed by atoms with Crippen molar-refractivity contribution < 1.29 is 18.7 Å². The molecule has 2 rings (SSSR count). The van der Waals surface area contributed by atoms with Gasteiger partial charge in [-0.15, -0.1) is 0 Å². The van der Waals surface area contributed by atoms with Crippen molar-refractivity contribution in [3.8, 4) is 0 Å². The van der Waals surface area contributed by atoms with Crippen LogP contribution < -0.4 is 0 Å². The van der Waals surface area contributed by atoms with Gasteiger partial charge >= 0.3 is 0 Å². The Hall–Kier alpha value is -1.33. The lowest BCUT2D eigenvalue weighted by Gasteiger charge is -2.34. The Labute approximate surface area is 117 Å². The standard InChI is InChI=1S/C15H19F2NO2/c1-18(9-10-7-11(19)8-10)6-5-14(20)12-3-2-4-13(16)15(12)17/h2-4,10-11,19H,5-9H2,1H3. The second-order valence-corrected chi connectivity index (χ2v) is 5.53. The van der Waals surface area contributed by atoms with Crippen LogP contribution in [-0.4, -0.2) is 42.0 Å². The molecule has 0 spiro atoms. The van der Waals surface area contributed by atoms with E-state index >= 15 is 0 Å². The minimum absolute atomic E-state index is 0.159. The summed E-state index contributed by atoms with van der Waals surface area (Å²) in [4.78, 5) is 13.9. The average molecular weight is 283 g/mol. The number of hydrogen-bond donors (Lipinski definition) is 1. The van der Waals surface area contributed by atoms with Crippen molar-refractivity contribution in [3.63, 3.8) is 0 Å². The Balaban J connectivity index is 1.81. The van der Waals surface area contributed by atoms with Crippen LogP contribution in [0.5, 0.6) is 0 Å². The van der Waals surface area contributed by atoms with E-state index in [-0.39, 0.29) is 23.9 Å². The van der Waals surface area contributed by atoms with Crippen LogP contribution in [0.3, 0.4) is 0 Å². The topological polar surface area (TPSA) is 40.5 Å². The molecule has 110 valence electrons. The first-order valence-corrected chi connectivity index (χ1v) is 6.81. The maximum absolute atomic E-state index is 13.5. The maximum atomic E-state index is 13.5. The van der Waals surface area contributed by atoms with Crippen LogP contribution in [0.2, 0.25) is 0 Å². The molecule has 1 aromatic rings. The average Bonchev–Trinajstić information content (AvgIpc) is 2.37. The van der Waals surface area contributed by atoms with Crippen molar-refractivity contribution in [2.45, 2.75) is 25.4 Å². The first-order chi connectivity index (χ1) is 9.47. The minimum Gasteiger partial charge on any atom is -0.393 e. The van der Waals surface area contributed by atoms with E-state index in [9.17, 15) is 18.7 Å². The molecule has 0 unspecified atom stereocenters. The zero-order chi connectivity index (χ0) is 14.7. The molecule has 1 fully saturated rings. The fraction of sp³-hybridized carbons (Fsp3) is 0.533. The van der Waals surface area contributed by atoms with Crippen molar-refractivity contribution in [1.82, 2.24) is 4.90 Å². The monoisotopic (exact) mass is 283 g/mol. The summed E-state index contributed by atoms with van der Waals surface area (Å²) in [5.74, 6) is -1.98. The van der Waals surface area contributed by atoms with Gasteiger partial charge in [0.25, 0.3) is 0 Å². The summed E-state index contributed by atoms with van der Waals surface area (Å²) >= 11 is 0. The van der Waals surface area contributed by atoms with E-state index in [0.29, 0.717) is 12.5 Å². The van der Waals surface area contributed by atoms with E-state index in [4.69, 9.17) is 0 Å². The van der Waals surface area contributed by atoms with E-state index in [1.807, 2.05) is 11.9 Å². The zero-order valence-corrected chi connectivity index (χ0v) is 11.5. The van der Waals surface area contributed by atoms with Gasteiger partial charge in [-0.2, -0.15) is 0 Å². The molecule has 0 aromatic heterocycles. The Morgan fingerprint density at radius 2 is 2.10 bits per heavy atom. The summed E-state index contributed by atoms with van der Waals surface area (Å²) in [5, 5.41) is 9.20. The Kier molecular flexibility index (Phi) is 4.83. The minimum atomic E-state index is -1.07. The number of rotatable bonds is 6. The summed E-state index contributed by atoms with van der Waals surface area (Å²) in [7, 11) is 1.89. The first kappa shape index (κ1) is 15.1. The van der Waals surface area contributed by atoms with Gasteiger partial charge in [0.1, 0.15) is 0 Å². The highest BCUT2D eigenvalue weighted by molar-refractivity contribution is 5.96. The largest absolute Gasteiger partial charge is 0.393 e. The van der Waals surface area contributed by atoms with Gasteiger partial charge in [-0.3, -0.25) is 4.79 Å². The predicted molar refractivity (Wildman–Crippen MR) is 71.5 cm³/mol. The summed E-state index contributed by atoms with van der Waals surface area (Å²) in [6.45, 7) is 1.32. The highest BCUT2D eigenvalue weighted by atomic mass is 19.2. The van der Waals surface area contributed by atoms with Crippen molar-refractivity contribution in [2.75, 3.05) is 20.1 Å². The van der Waals surface area contributed by atoms with Crippen LogP contribution in [0.4, 0.5) is 8.78 Å². The molecule has 5 heteroatoms. The van der Waals surface area contributed by atoms with Gasteiger partial charge in [-0.05, 0) is 37.9 Å². The van der Waals surface area contributed by atoms with E-state index < -0.39 is 11.6 Å². The molecular weight excluding hydrogens is 264 g/mol. The number of halogens is 2. The third-order valence-corrected chi connectivity index (χ3v) is 3.75. The van der Waals surface area contributed by atoms with Crippen molar-refractivity contribution in [3.05, 3.63) is 35.4 Å². The highest BCUT2D eigenvalue weighted by Crippen LogP contribution is 2.27. The molecule has 0 heterocycles. The van der Waals surface area contributed by atoms with E-state index in [1.165, 1.54) is 12.1 Å². The molecule has 1 aromatic carbocycles. The maximum Gasteiger partial charge on any atom is 0.169 e. The van der Waals surface area contributed by atoms with E-state index in [2.05, 4.69) is 0 Å². The van der Waals surface area contributed by atoms with Gasteiger partial charge in [0, 0.05) is 19.5 Å². The zero-order valence-electron chi connectivity index (χ0n) is 11.5. The number of Topliss-reactive ketones (excluding diaryl/α,β-unsaturated/α-hetero) is 1. The van der Waals surface area contributed by atoms with Crippen LogP contribution in [-0.2, 0) is 0 Å². The number of aliphatic hydroxyl groups is 1. The van der Waals surface area contributed by atoms with Crippen LogP contribution >= 0.6 is 0 Å². The fourth-order valence-electron chi connectivity index (χ4n) is 2.53. The third kappa shape index (κ3) is 3.61. The highest BCUT2D eigenvalue weighted by Gasteiger charge is 2.28. The van der Waals surface area contributed by atoms with Crippen molar-refractivity contribution >= 4 is 5.78 Å². The summed E-state index contributed by atoms with van der Waals surface area (Å²) < 4.78 is 26.5. The molecule has 1 N–H and O–H groups in total. The molecule has 0 aliphatic heterocycles. The SMILES string of the molecule is CN(CCC(=O)c1cccc(F)c1F)CC1CC(O)C1. The van der Waals surface area contributed by atoms with Gasteiger partial charge < -0.3 is 10.0 Å². The number of hydrogen-bond acceptors (Lipinski definition) is 3. The number of ketones is 1. The molecule has 0 atom stereocenters. The van der Waals surface area contributed by atoms with Gasteiger partial charge in [-0.1, -0.05) is 6.07 Å². The second-order valence-electron chi connectivity index (χ2n) is 5.53. The number of carbonyl (C=O) groups is 1. The summed E-state index contributed by atoms with van der Waals surface area (Å²) in [6, 6.07) is 3.65. The van der Waals surface area contributed by atoms with Gasteiger partial charge in [0.05, 0.1) is 11.7 Å². The molecule has 0 amide bonds. The number of carbonyl (C=O) groups excluding carboxylic acids is 1. The smallest absolute Gasteiger partial charge is 0.169 e. The van der Waals surface area contributed by atoms with Crippen LogP contribution in [0.25, 0.3) is 0 Å². The fourth-order valence-corrected chi connectivity index (χ4v) is 2.53. The number of nitrogens with zero attached hydrogens (tertiary/aromatic N) is 1. The van der Waals surface area contributed by atoms with Gasteiger partial charge in [-0.25, -0.2) is 8.78 Å². The van der Waals surface area contributed by atoms with Crippen LogP contribution in [0.1, 0.15) is 29.6 Å².